The lowest BCUT2D eigenvalue weighted by atomic mass is 10.2. The molecule has 17 heavy (non-hydrogen) atoms. The van der Waals surface area contributed by atoms with Crippen LogP contribution >= 0.6 is 0 Å². The third-order valence-electron chi connectivity index (χ3n) is 2.24. The van der Waals surface area contributed by atoms with E-state index in [9.17, 15) is 4.79 Å². The maximum atomic E-state index is 11.3. The van der Waals surface area contributed by atoms with Crippen LogP contribution in [0.2, 0.25) is 0 Å². The molecule has 94 valence electrons. The van der Waals surface area contributed by atoms with Crippen LogP contribution in [0.5, 0.6) is 5.75 Å². The lowest BCUT2D eigenvalue weighted by Crippen LogP contribution is -2.27. The van der Waals surface area contributed by atoms with Gasteiger partial charge >= 0.3 is 5.97 Å². The number of methoxy groups -OCH3 is 1. The van der Waals surface area contributed by atoms with Crippen LogP contribution in [0.25, 0.3) is 0 Å². The van der Waals surface area contributed by atoms with Crippen molar-refractivity contribution in [1.29, 1.82) is 0 Å². The molecule has 0 aromatic heterocycles. The highest BCUT2D eigenvalue weighted by Gasteiger charge is 2.12. The smallest absolute Gasteiger partial charge is 0.327 e. The van der Waals surface area contributed by atoms with Gasteiger partial charge in [-0.25, -0.2) is 4.79 Å². The predicted octanol–water partition coefficient (Wildman–Crippen LogP) is 2.45. The highest BCUT2D eigenvalue weighted by Crippen LogP contribution is 2.18. The third-order valence-corrected chi connectivity index (χ3v) is 2.24. The Morgan fingerprint density at radius 1 is 1.47 bits per heavy atom. The first kappa shape index (κ1) is 13.4. The van der Waals surface area contributed by atoms with Crippen LogP contribution in [0.4, 0.5) is 5.69 Å². The highest BCUT2D eigenvalue weighted by atomic mass is 16.5. The molecule has 4 heteroatoms. The molecular weight excluding hydrogens is 218 g/mol. The number of hydrogen-bond donors (Lipinski definition) is 1. The molecule has 0 heterocycles. The molecule has 1 aromatic carbocycles. The van der Waals surface area contributed by atoms with Crippen molar-refractivity contribution in [1.82, 2.24) is 0 Å². The van der Waals surface area contributed by atoms with Gasteiger partial charge in [0.05, 0.1) is 13.7 Å². The number of carbonyl (C=O) groups excluding carboxylic acids is 1. The summed E-state index contributed by atoms with van der Waals surface area (Å²) in [5.41, 5.74) is 0.844. The van der Waals surface area contributed by atoms with Gasteiger partial charge in [-0.15, -0.1) is 0 Å². The summed E-state index contributed by atoms with van der Waals surface area (Å²) in [6.07, 6.45) is 0.968. The Morgan fingerprint density at radius 3 is 2.88 bits per heavy atom. The van der Waals surface area contributed by atoms with Gasteiger partial charge in [0.1, 0.15) is 11.8 Å². The van der Waals surface area contributed by atoms with E-state index in [1.165, 1.54) is 7.11 Å². The van der Waals surface area contributed by atoms with Crippen LogP contribution in [0.1, 0.15) is 20.3 Å². The van der Waals surface area contributed by atoms with Gasteiger partial charge in [-0.2, -0.15) is 0 Å². The zero-order chi connectivity index (χ0) is 12.7. The Kier molecular flexibility index (Phi) is 5.33. The molecule has 0 radical (unpaired) electrons. The molecule has 1 N–H and O–H groups in total. The van der Waals surface area contributed by atoms with Crippen molar-refractivity contribution >= 4 is 11.7 Å². The monoisotopic (exact) mass is 237 g/mol. The van der Waals surface area contributed by atoms with E-state index in [-0.39, 0.29) is 12.0 Å². The molecule has 1 rings (SSSR count). The molecule has 0 bridgehead atoms. The lowest BCUT2D eigenvalue weighted by molar-refractivity contribution is -0.141. The largest absolute Gasteiger partial charge is 0.494 e. The molecule has 0 saturated carbocycles. The number of anilines is 1. The summed E-state index contributed by atoms with van der Waals surface area (Å²) in [7, 11) is 1.38. The van der Waals surface area contributed by atoms with Crippen LogP contribution in [-0.4, -0.2) is 25.7 Å². The number of hydrogen-bond acceptors (Lipinski definition) is 4. The number of nitrogens with one attached hydrogen (secondary N) is 1. The van der Waals surface area contributed by atoms with Crippen molar-refractivity contribution in [3.63, 3.8) is 0 Å². The zero-order valence-electron chi connectivity index (χ0n) is 10.5. The van der Waals surface area contributed by atoms with E-state index in [4.69, 9.17) is 4.74 Å². The van der Waals surface area contributed by atoms with Gasteiger partial charge in [-0.05, 0) is 25.5 Å². The quantitative estimate of drug-likeness (QED) is 0.772. The average molecular weight is 237 g/mol. The van der Waals surface area contributed by atoms with Crippen LogP contribution in [-0.2, 0) is 9.53 Å². The SMILES string of the molecule is CCCOc1cccc(NC(C)C(=O)OC)c1. The van der Waals surface area contributed by atoms with E-state index < -0.39 is 0 Å². The summed E-state index contributed by atoms with van der Waals surface area (Å²) >= 11 is 0. The summed E-state index contributed by atoms with van der Waals surface area (Å²) in [5, 5.41) is 3.05. The van der Waals surface area contributed by atoms with Crippen molar-refractivity contribution in [2.24, 2.45) is 0 Å². The number of ether oxygens (including phenoxy) is 2. The van der Waals surface area contributed by atoms with Crippen LogP contribution in [0.3, 0.4) is 0 Å². The summed E-state index contributed by atoms with van der Waals surface area (Å²) < 4.78 is 10.2. The van der Waals surface area contributed by atoms with Crippen molar-refractivity contribution in [3.8, 4) is 5.75 Å². The van der Waals surface area contributed by atoms with E-state index in [2.05, 4.69) is 17.0 Å². The summed E-state index contributed by atoms with van der Waals surface area (Å²) in [6, 6.07) is 7.16. The molecule has 1 aromatic rings. The minimum atomic E-state index is -0.374. The highest BCUT2D eigenvalue weighted by molar-refractivity contribution is 5.78. The summed E-state index contributed by atoms with van der Waals surface area (Å²) in [5.74, 6) is 0.513. The first-order chi connectivity index (χ1) is 8.17. The fourth-order valence-electron chi connectivity index (χ4n) is 1.38. The molecule has 0 amide bonds. The van der Waals surface area contributed by atoms with Gasteiger partial charge in [-0.3, -0.25) is 0 Å². The normalized spacial score (nSPS) is 11.7. The Balaban J connectivity index is 2.62. The Labute approximate surface area is 102 Å². The molecule has 0 aliphatic heterocycles. The fourth-order valence-corrected chi connectivity index (χ4v) is 1.38. The molecule has 0 saturated heterocycles. The van der Waals surface area contributed by atoms with Crippen LogP contribution in [0.15, 0.2) is 24.3 Å². The number of esters is 1. The molecule has 0 aliphatic rings. The number of benzene rings is 1. The van der Waals surface area contributed by atoms with Gasteiger partial charge in [0.2, 0.25) is 0 Å². The van der Waals surface area contributed by atoms with Crippen molar-refractivity contribution < 1.29 is 14.3 Å². The van der Waals surface area contributed by atoms with Crippen molar-refractivity contribution in [2.75, 3.05) is 19.0 Å². The van der Waals surface area contributed by atoms with Gasteiger partial charge in [0.15, 0.2) is 0 Å². The number of carbonyl (C=O) groups is 1. The summed E-state index contributed by atoms with van der Waals surface area (Å²) in [4.78, 5) is 11.3. The Bertz CT molecular complexity index is 365. The van der Waals surface area contributed by atoms with E-state index >= 15 is 0 Å². The standard InChI is InChI=1S/C13H19NO3/c1-4-8-17-12-7-5-6-11(9-12)14-10(2)13(15)16-3/h5-7,9-10,14H,4,8H2,1-3H3. The predicted molar refractivity (Wildman–Crippen MR) is 67.3 cm³/mol. The van der Waals surface area contributed by atoms with Gasteiger partial charge in [0, 0.05) is 11.8 Å². The van der Waals surface area contributed by atoms with E-state index in [1.807, 2.05) is 24.3 Å². The lowest BCUT2D eigenvalue weighted by Gasteiger charge is -2.13. The van der Waals surface area contributed by atoms with Crippen LogP contribution in [0, 0.1) is 0 Å². The second-order valence-electron chi connectivity index (χ2n) is 3.77. The third kappa shape index (κ3) is 4.34. The summed E-state index contributed by atoms with van der Waals surface area (Å²) in [6.45, 7) is 4.50. The molecular formula is C13H19NO3. The zero-order valence-corrected chi connectivity index (χ0v) is 10.5. The average Bonchev–Trinajstić information content (AvgIpc) is 2.35. The second kappa shape index (κ2) is 6.78. The molecule has 4 nitrogen and oxygen atoms in total. The Hall–Kier alpha value is -1.71. The topological polar surface area (TPSA) is 47.6 Å². The van der Waals surface area contributed by atoms with E-state index in [0.717, 1.165) is 17.9 Å². The van der Waals surface area contributed by atoms with Crippen LogP contribution < -0.4 is 10.1 Å². The Morgan fingerprint density at radius 2 is 2.24 bits per heavy atom. The molecule has 1 unspecified atom stereocenters. The van der Waals surface area contributed by atoms with Crippen molar-refractivity contribution in [3.05, 3.63) is 24.3 Å². The van der Waals surface area contributed by atoms with Gasteiger partial charge in [0.25, 0.3) is 0 Å². The second-order valence-corrected chi connectivity index (χ2v) is 3.77. The maximum absolute atomic E-state index is 11.3. The molecule has 1 atom stereocenters. The van der Waals surface area contributed by atoms with Crippen molar-refractivity contribution in [2.45, 2.75) is 26.3 Å². The molecule has 0 aliphatic carbocycles. The first-order valence-corrected chi connectivity index (χ1v) is 5.74. The van der Waals surface area contributed by atoms with Gasteiger partial charge < -0.3 is 14.8 Å². The van der Waals surface area contributed by atoms with E-state index in [0.29, 0.717) is 6.61 Å². The van der Waals surface area contributed by atoms with Gasteiger partial charge in [-0.1, -0.05) is 13.0 Å². The first-order valence-electron chi connectivity index (χ1n) is 5.74. The molecule has 0 spiro atoms. The number of rotatable bonds is 6. The van der Waals surface area contributed by atoms with E-state index in [1.54, 1.807) is 6.92 Å². The fraction of sp³-hybridized carbons (Fsp3) is 0.462. The maximum Gasteiger partial charge on any atom is 0.327 e. The minimum absolute atomic E-state index is 0.287. The molecule has 0 fully saturated rings. The minimum Gasteiger partial charge on any atom is -0.494 e.